The summed E-state index contributed by atoms with van der Waals surface area (Å²) in [6.45, 7) is 7.31. The minimum Gasteiger partial charge on any atom is -0.342 e. The van der Waals surface area contributed by atoms with Crippen LogP contribution in [0.3, 0.4) is 0 Å². The molecule has 3 atom stereocenters. The maximum Gasteiger partial charge on any atom is 0.230 e. The Kier molecular flexibility index (Phi) is 4.55. The lowest BCUT2D eigenvalue weighted by molar-refractivity contribution is -0.145. The van der Waals surface area contributed by atoms with E-state index in [1.165, 1.54) is 25.8 Å². The lowest BCUT2D eigenvalue weighted by Gasteiger charge is -2.47. The van der Waals surface area contributed by atoms with Crippen molar-refractivity contribution in [1.29, 1.82) is 0 Å². The van der Waals surface area contributed by atoms with Crippen LogP contribution in [0.15, 0.2) is 0 Å². The molecule has 0 aromatic rings. The summed E-state index contributed by atoms with van der Waals surface area (Å²) >= 11 is 0. The molecule has 0 bridgehead atoms. The zero-order valence-electron chi connectivity index (χ0n) is 13.7. The van der Waals surface area contributed by atoms with E-state index in [0.29, 0.717) is 17.9 Å². The number of amides is 1. The molecule has 3 unspecified atom stereocenters. The van der Waals surface area contributed by atoms with Gasteiger partial charge < -0.3 is 15.1 Å². The zero-order valence-corrected chi connectivity index (χ0v) is 13.7. The van der Waals surface area contributed by atoms with Crippen molar-refractivity contribution in [2.75, 3.05) is 39.8 Å². The Morgan fingerprint density at radius 1 is 1.33 bits per heavy atom. The molecule has 3 saturated heterocycles. The van der Waals surface area contributed by atoms with Gasteiger partial charge in [-0.2, -0.15) is 0 Å². The van der Waals surface area contributed by atoms with Gasteiger partial charge in [-0.15, -0.1) is 0 Å². The monoisotopic (exact) mass is 293 g/mol. The van der Waals surface area contributed by atoms with Crippen molar-refractivity contribution in [3.05, 3.63) is 0 Å². The second kappa shape index (κ2) is 6.25. The Bertz CT molecular complexity index is 378. The first-order valence-corrected chi connectivity index (χ1v) is 8.86. The fourth-order valence-corrected chi connectivity index (χ4v) is 4.90. The minimum atomic E-state index is -0.0951. The van der Waals surface area contributed by atoms with Gasteiger partial charge in [-0.25, -0.2) is 0 Å². The summed E-state index contributed by atoms with van der Waals surface area (Å²) in [6, 6.07) is 0.714. The van der Waals surface area contributed by atoms with Crippen LogP contribution < -0.4 is 5.32 Å². The molecule has 3 fully saturated rings. The minimum absolute atomic E-state index is 0.0951. The number of hydrogen-bond acceptors (Lipinski definition) is 3. The van der Waals surface area contributed by atoms with Crippen LogP contribution in [0.25, 0.3) is 0 Å². The van der Waals surface area contributed by atoms with E-state index in [1.54, 1.807) is 0 Å². The molecule has 4 heteroatoms. The summed E-state index contributed by atoms with van der Waals surface area (Å²) in [5, 5.41) is 3.43. The normalized spacial score (nSPS) is 37.5. The molecule has 3 heterocycles. The molecule has 0 aromatic carbocycles. The van der Waals surface area contributed by atoms with Gasteiger partial charge in [-0.1, -0.05) is 13.3 Å². The van der Waals surface area contributed by atoms with Crippen LogP contribution >= 0.6 is 0 Å². The summed E-state index contributed by atoms with van der Waals surface area (Å²) in [5.74, 6) is 1.15. The van der Waals surface area contributed by atoms with Crippen LogP contribution in [0.4, 0.5) is 0 Å². The molecule has 0 aliphatic carbocycles. The topological polar surface area (TPSA) is 35.6 Å². The Labute approximate surface area is 129 Å². The van der Waals surface area contributed by atoms with E-state index in [9.17, 15) is 4.79 Å². The quantitative estimate of drug-likeness (QED) is 0.860. The van der Waals surface area contributed by atoms with Crippen LogP contribution in [0, 0.1) is 11.3 Å². The molecule has 21 heavy (non-hydrogen) atoms. The third-order valence-corrected chi connectivity index (χ3v) is 6.06. The highest BCUT2D eigenvalue weighted by molar-refractivity contribution is 5.83. The van der Waals surface area contributed by atoms with Crippen LogP contribution in [-0.2, 0) is 4.79 Å². The predicted molar refractivity (Wildman–Crippen MR) is 85.2 cm³/mol. The van der Waals surface area contributed by atoms with Gasteiger partial charge in [0.05, 0.1) is 5.41 Å². The summed E-state index contributed by atoms with van der Waals surface area (Å²) in [7, 11) is 2.26. The predicted octanol–water partition coefficient (Wildman–Crippen LogP) is 1.71. The molecule has 0 radical (unpaired) electrons. The van der Waals surface area contributed by atoms with Crippen molar-refractivity contribution in [2.24, 2.45) is 11.3 Å². The number of carbonyl (C=O) groups excluding carboxylic acids is 1. The van der Waals surface area contributed by atoms with Crippen LogP contribution in [-0.4, -0.2) is 61.5 Å². The SMILES string of the molecule is CCCC1(C(=O)N2CCC3C(CCCN3C)C2)CCNC1. The third kappa shape index (κ3) is 2.85. The van der Waals surface area contributed by atoms with Gasteiger partial charge in [0, 0.05) is 25.7 Å². The van der Waals surface area contributed by atoms with Crippen molar-refractivity contribution in [2.45, 2.75) is 51.5 Å². The summed E-state index contributed by atoms with van der Waals surface area (Å²) < 4.78 is 0. The molecular weight excluding hydrogens is 262 g/mol. The first-order valence-electron chi connectivity index (χ1n) is 8.86. The van der Waals surface area contributed by atoms with Gasteiger partial charge in [-0.05, 0) is 58.2 Å². The Hall–Kier alpha value is -0.610. The fourth-order valence-electron chi connectivity index (χ4n) is 4.90. The van der Waals surface area contributed by atoms with Crippen molar-refractivity contribution in [3.63, 3.8) is 0 Å². The molecule has 1 amide bonds. The molecule has 3 aliphatic rings. The van der Waals surface area contributed by atoms with Gasteiger partial charge in [0.1, 0.15) is 0 Å². The number of piperidine rings is 2. The van der Waals surface area contributed by atoms with Crippen molar-refractivity contribution >= 4 is 5.91 Å². The van der Waals surface area contributed by atoms with Gasteiger partial charge in [-0.3, -0.25) is 4.79 Å². The van der Waals surface area contributed by atoms with Crippen molar-refractivity contribution < 1.29 is 4.79 Å². The van der Waals surface area contributed by atoms with E-state index in [2.05, 4.69) is 29.1 Å². The third-order valence-electron chi connectivity index (χ3n) is 6.06. The second-order valence-corrected chi connectivity index (χ2v) is 7.45. The highest BCUT2D eigenvalue weighted by atomic mass is 16.2. The molecular formula is C17H31N3O. The number of nitrogens with one attached hydrogen (secondary N) is 1. The summed E-state index contributed by atoms with van der Waals surface area (Å²) in [5.41, 5.74) is -0.0951. The standard InChI is InChI=1S/C17H31N3O/c1-3-7-17(8-9-18-13-17)16(21)20-11-6-15-14(12-20)5-4-10-19(15)2/h14-15,18H,3-13H2,1-2H3. The number of hydrogen-bond donors (Lipinski definition) is 1. The first-order chi connectivity index (χ1) is 10.2. The zero-order chi connectivity index (χ0) is 14.9. The van der Waals surface area contributed by atoms with E-state index in [0.717, 1.165) is 45.4 Å². The van der Waals surface area contributed by atoms with E-state index in [4.69, 9.17) is 0 Å². The Morgan fingerprint density at radius 2 is 2.19 bits per heavy atom. The largest absolute Gasteiger partial charge is 0.342 e. The molecule has 3 rings (SSSR count). The lowest BCUT2D eigenvalue weighted by Crippen LogP contribution is -2.56. The average molecular weight is 293 g/mol. The van der Waals surface area contributed by atoms with E-state index in [-0.39, 0.29) is 5.41 Å². The highest BCUT2D eigenvalue weighted by Crippen LogP contribution is 2.36. The van der Waals surface area contributed by atoms with Crippen LogP contribution in [0.1, 0.15) is 45.4 Å². The van der Waals surface area contributed by atoms with E-state index >= 15 is 0 Å². The Balaban J connectivity index is 1.68. The maximum absolute atomic E-state index is 13.1. The summed E-state index contributed by atoms with van der Waals surface area (Å²) in [6.07, 6.45) is 6.95. The smallest absolute Gasteiger partial charge is 0.230 e. The highest BCUT2D eigenvalue weighted by Gasteiger charge is 2.45. The second-order valence-electron chi connectivity index (χ2n) is 7.45. The molecule has 4 nitrogen and oxygen atoms in total. The molecule has 120 valence electrons. The van der Waals surface area contributed by atoms with E-state index in [1.807, 2.05) is 0 Å². The fraction of sp³-hybridized carbons (Fsp3) is 0.941. The molecule has 0 spiro atoms. The molecule has 0 aromatic heterocycles. The number of nitrogens with zero attached hydrogens (tertiary/aromatic N) is 2. The van der Waals surface area contributed by atoms with Crippen LogP contribution in [0.2, 0.25) is 0 Å². The van der Waals surface area contributed by atoms with Crippen molar-refractivity contribution in [1.82, 2.24) is 15.1 Å². The van der Waals surface area contributed by atoms with Crippen molar-refractivity contribution in [3.8, 4) is 0 Å². The Morgan fingerprint density at radius 3 is 2.90 bits per heavy atom. The maximum atomic E-state index is 13.1. The number of fused-ring (bicyclic) bond motifs is 1. The number of rotatable bonds is 3. The molecule has 3 aliphatic heterocycles. The van der Waals surface area contributed by atoms with Gasteiger partial charge in [0.2, 0.25) is 5.91 Å². The molecule has 1 N–H and O–H groups in total. The lowest BCUT2D eigenvalue weighted by atomic mass is 9.78. The molecule has 0 saturated carbocycles. The average Bonchev–Trinajstić information content (AvgIpc) is 2.96. The van der Waals surface area contributed by atoms with Gasteiger partial charge >= 0.3 is 0 Å². The van der Waals surface area contributed by atoms with Crippen LogP contribution in [0.5, 0.6) is 0 Å². The van der Waals surface area contributed by atoms with Gasteiger partial charge in [0.15, 0.2) is 0 Å². The number of likely N-dealkylation sites (tertiary alicyclic amines) is 2. The van der Waals surface area contributed by atoms with E-state index < -0.39 is 0 Å². The van der Waals surface area contributed by atoms with Gasteiger partial charge in [0.25, 0.3) is 0 Å². The summed E-state index contributed by atoms with van der Waals surface area (Å²) in [4.78, 5) is 17.9. The number of carbonyl (C=O) groups is 1. The first kappa shape index (κ1) is 15.3.